The van der Waals surface area contributed by atoms with E-state index in [0.29, 0.717) is 5.88 Å². The molecular formula is C42H32N4O. The van der Waals surface area contributed by atoms with Crippen LogP contribution in [-0.4, -0.2) is 5.84 Å². The van der Waals surface area contributed by atoms with Crippen LogP contribution in [0.1, 0.15) is 35.9 Å². The van der Waals surface area contributed by atoms with E-state index in [-0.39, 0.29) is 12.3 Å². The molecule has 47 heavy (non-hydrogen) atoms. The van der Waals surface area contributed by atoms with Gasteiger partial charge in [-0.25, -0.2) is 4.99 Å². The van der Waals surface area contributed by atoms with E-state index < -0.39 is 0 Å². The molecule has 0 aliphatic carbocycles. The summed E-state index contributed by atoms with van der Waals surface area (Å²) in [5, 5.41) is 18.4. The molecule has 0 fully saturated rings. The molecule has 9 rings (SSSR count). The lowest BCUT2D eigenvalue weighted by molar-refractivity contribution is 0.412. The molecule has 0 saturated carbocycles. The number of hydrogen-bond donors (Lipinski definition) is 3. The van der Waals surface area contributed by atoms with E-state index >= 15 is 0 Å². The van der Waals surface area contributed by atoms with Crippen molar-refractivity contribution >= 4 is 71.4 Å². The van der Waals surface area contributed by atoms with Gasteiger partial charge in [-0.2, -0.15) is 0 Å². The Balaban J connectivity index is 1.25. The van der Waals surface area contributed by atoms with E-state index in [1.165, 1.54) is 43.1 Å². The SMILES string of the molecule is C/C=C(/C1=NC(c2ccc3ccccc3c2)NC(c2cccc3ccc4c5ccccc5ccc4c23)N1)c1c(N)oc2ccccc12. The van der Waals surface area contributed by atoms with E-state index in [1.807, 2.05) is 25.1 Å². The van der Waals surface area contributed by atoms with Crippen molar-refractivity contribution in [2.75, 3.05) is 5.73 Å². The highest BCUT2D eigenvalue weighted by Crippen LogP contribution is 2.39. The van der Waals surface area contributed by atoms with Crippen LogP contribution in [-0.2, 0) is 0 Å². The van der Waals surface area contributed by atoms with Gasteiger partial charge < -0.3 is 15.5 Å². The molecule has 0 radical (unpaired) electrons. The van der Waals surface area contributed by atoms with Gasteiger partial charge in [-0.3, -0.25) is 5.32 Å². The minimum atomic E-state index is -0.318. The molecule has 8 aromatic rings. The largest absolute Gasteiger partial charge is 0.440 e. The maximum atomic E-state index is 6.57. The Bertz CT molecular complexity index is 2580. The van der Waals surface area contributed by atoms with Crippen molar-refractivity contribution in [2.24, 2.45) is 4.99 Å². The van der Waals surface area contributed by atoms with Crippen LogP contribution in [0.2, 0.25) is 0 Å². The minimum Gasteiger partial charge on any atom is -0.440 e. The van der Waals surface area contributed by atoms with E-state index in [1.54, 1.807) is 0 Å². The first-order valence-corrected chi connectivity index (χ1v) is 16.0. The number of nitrogens with zero attached hydrogens (tertiary/aromatic N) is 1. The van der Waals surface area contributed by atoms with Crippen molar-refractivity contribution in [1.29, 1.82) is 0 Å². The second-order valence-electron chi connectivity index (χ2n) is 12.2. The predicted molar refractivity (Wildman–Crippen MR) is 196 cm³/mol. The molecular weight excluding hydrogens is 576 g/mol. The van der Waals surface area contributed by atoms with Crippen LogP contribution in [0.5, 0.6) is 0 Å². The molecule has 0 saturated heterocycles. The summed E-state index contributed by atoms with van der Waals surface area (Å²) >= 11 is 0. The van der Waals surface area contributed by atoms with Crippen molar-refractivity contribution in [3.63, 3.8) is 0 Å². The topological polar surface area (TPSA) is 75.6 Å². The normalized spacial score (nSPS) is 17.0. The van der Waals surface area contributed by atoms with Gasteiger partial charge in [0.2, 0.25) is 0 Å². The summed E-state index contributed by atoms with van der Waals surface area (Å²) in [5.74, 6) is 1.14. The van der Waals surface area contributed by atoms with Crippen LogP contribution in [0.4, 0.5) is 5.88 Å². The number of benzene rings is 7. The number of anilines is 1. The smallest absolute Gasteiger partial charge is 0.199 e. The van der Waals surface area contributed by atoms with Gasteiger partial charge in [-0.1, -0.05) is 127 Å². The molecule has 0 spiro atoms. The maximum absolute atomic E-state index is 6.57. The second kappa shape index (κ2) is 10.9. The number of nitrogens with two attached hydrogens (primary N) is 1. The molecule has 226 valence electrons. The van der Waals surface area contributed by atoms with Gasteiger partial charge >= 0.3 is 0 Å². The van der Waals surface area contributed by atoms with Gasteiger partial charge in [-0.15, -0.1) is 0 Å². The van der Waals surface area contributed by atoms with Crippen molar-refractivity contribution in [2.45, 2.75) is 19.3 Å². The Labute approximate surface area is 272 Å². The van der Waals surface area contributed by atoms with E-state index in [2.05, 4.69) is 132 Å². The Morgan fingerprint density at radius 2 is 1.38 bits per heavy atom. The fraction of sp³-hybridized carbons (Fsp3) is 0.0714. The van der Waals surface area contributed by atoms with Crippen LogP contribution in [0.25, 0.3) is 59.6 Å². The number of nitrogen functional groups attached to an aromatic ring is 1. The van der Waals surface area contributed by atoms with Gasteiger partial charge in [-0.05, 0) is 73.3 Å². The lowest BCUT2D eigenvalue weighted by Crippen LogP contribution is -2.45. The number of nitrogens with one attached hydrogen (secondary N) is 2. The summed E-state index contributed by atoms with van der Waals surface area (Å²) in [7, 11) is 0. The Kier molecular flexibility index (Phi) is 6.33. The number of para-hydroxylation sites is 1. The first-order valence-electron chi connectivity index (χ1n) is 16.0. The summed E-state index contributed by atoms with van der Waals surface area (Å²) in [4.78, 5) is 5.32. The molecule has 2 atom stereocenters. The zero-order valence-corrected chi connectivity index (χ0v) is 25.9. The third kappa shape index (κ3) is 4.47. The molecule has 5 nitrogen and oxygen atoms in total. The van der Waals surface area contributed by atoms with Gasteiger partial charge in [0.15, 0.2) is 5.88 Å². The van der Waals surface area contributed by atoms with Crippen LogP contribution >= 0.6 is 0 Å². The molecule has 4 N–H and O–H groups in total. The average Bonchev–Trinajstić information content (AvgIpc) is 3.46. The second-order valence-corrected chi connectivity index (χ2v) is 12.2. The fourth-order valence-corrected chi connectivity index (χ4v) is 7.29. The Hall–Kier alpha value is -5.91. The molecule has 1 aliphatic heterocycles. The monoisotopic (exact) mass is 608 g/mol. The van der Waals surface area contributed by atoms with Crippen molar-refractivity contribution in [3.8, 4) is 0 Å². The molecule has 0 amide bonds. The summed E-state index contributed by atoms with van der Waals surface area (Å²) in [6.45, 7) is 2.03. The zero-order chi connectivity index (χ0) is 31.5. The van der Waals surface area contributed by atoms with Gasteiger partial charge in [0.1, 0.15) is 23.8 Å². The van der Waals surface area contributed by atoms with Crippen molar-refractivity contribution < 1.29 is 4.42 Å². The molecule has 1 aliphatic rings. The first-order chi connectivity index (χ1) is 23.2. The van der Waals surface area contributed by atoms with Gasteiger partial charge in [0.25, 0.3) is 0 Å². The third-order valence-electron chi connectivity index (χ3n) is 9.50. The zero-order valence-electron chi connectivity index (χ0n) is 25.9. The highest BCUT2D eigenvalue weighted by atomic mass is 16.3. The van der Waals surface area contributed by atoms with Crippen molar-refractivity contribution in [1.82, 2.24) is 10.6 Å². The molecule has 5 heteroatoms. The standard InChI is InChI=1S/C42H32N4O/c1-2-30(38-34-15-7-8-17-36(34)47-39(38)43)41-44-40(29-19-18-25-10-3-4-12-28(25)24-29)45-42(46-41)35-16-9-13-27-21-22-32-31-14-6-5-11-26(31)20-23-33(32)37(27)35/h2-24,40,42,45H,43H2,1H3,(H,44,46)/b30-2+. The Morgan fingerprint density at radius 1 is 0.681 bits per heavy atom. The van der Waals surface area contributed by atoms with Crippen LogP contribution in [0.15, 0.2) is 149 Å². The molecule has 7 aromatic carbocycles. The van der Waals surface area contributed by atoms with Crippen molar-refractivity contribution in [3.05, 3.63) is 156 Å². The lowest BCUT2D eigenvalue weighted by Gasteiger charge is -2.33. The van der Waals surface area contributed by atoms with E-state index in [4.69, 9.17) is 15.1 Å². The summed E-state index contributed by atoms with van der Waals surface area (Å²) in [5.41, 5.74) is 11.3. The van der Waals surface area contributed by atoms with Crippen LogP contribution in [0.3, 0.4) is 0 Å². The summed E-state index contributed by atoms with van der Waals surface area (Å²) < 4.78 is 6.02. The number of amidine groups is 1. The third-order valence-corrected chi connectivity index (χ3v) is 9.50. The quantitative estimate of drug-likeness (QED) is 0.174. The van der Waals surface area contributed by atoms with E-state index in [0.717, 1.165) is 39.1 Å². The minimum absolute atomic E-state index is 0.255. The highest BCUT2D eigenvalue weighted by molar-refractivity contribution is 6.27. The number of aliphatic imine (C=N–C) groups is 1. The molecule has 1 aromatic heterocycles. The first kappa shape index (κ1) is 27.4. The molecule has 2 unspecified atom stereocenters. The van der Waals surface area contributed by atoms with Gasteiger partial charge in [0, 0.05) is 11.0 Å². The maximum Gasteiger partial charge on any atom is 0.199 e. The molecule has 2 heterocycles. The number of allylic oxidation sites excluding steroid dienone is 1. The predicted octanol–water partition coefficient (Wildman–Crippen LogP) is 10.0. The summed E-state index contributed by atoms with van der Waals surface area (Å²) in [6, 6.07) is 47.1. The molecule has 0 bridgehead atoms. The van der Waals surface area contributed by atoms with Crippen LogP contribution in [0, 0.1) is 0 Å². The fourth-order valence-electron chi connectivity index (χ4n) is 7.29. The number of rotatable bonds is 4. The van der Waals surface area contributed by atoms with E-state index in [9.17, 15) is 0 Å². The summed E-state index contributed by atoms with van der Waals surface area (Å²) in [6.07, 6.45) is 1.50. The van der Waals surface area contributed by atoms with Gasteiger partial charge in [0.05, 0.1) is 5.56 Å². The average molecular weight is 609 g/mol. The number of fused-ring (bicyclic) bond motifs is 7. The number of furan rings is 1. The Morgan fingerprint density at radius 3 is 2.26 bits per heavy atom. The highest BCUT2D eigenvalue weighted by Gasteiger charge is 2.30. The lowest BCUT2D eigenvalue weighted by atomic mass is 9.92. The van der Waals surface area contributed by atoms with Crippen LogP contribution < -0.4 is 16.4 Å². The number of hydrogen-bond acceptors (Lipinski definition) is 5.